The van der Waals surface area contributed by atoms with Gasteiger partial charge in [-0.15, -0.1) is 0 Å². The molecule has 1 atom stereocenters. The van der Waals surface area contributed by atoms with E-state index in [0.29, 0.717) is 5.56 Å². The van der Waals surface area contributed by atoms with Crippen LogP contribution in [-0.4, -0.2) is 35.6 Å². The summed E-state index contributed by atoms with van der Waals surface area (Å²) in [5.74, 6) is -1.34. The van der Waals surface area contributed by atoms with Crippen molar-refractivity contribution in [3.05, 3.63) is 58.7 Å². The molecule has 2 aromatic rings. The second-order valence-electron chi connectivity index (χ2n) is 6.54. The Kier molecular flexibility index (Phi) is 5.52. The SMILES string of the molecule is Cc1cc(C(=O)COC(=O)c2ccc(F)cc2)c(C)n1C[C@@H]1CCCO1. The van der Waals surface area contributed by atoms with Crippen LogP contribution in [0.3, 0.4) is 0 Å². The second-order valence-corrected chi connectivity index (χ2v) is 6.54. The molecule has 26 heavy (non-hydrogen) atoms. The van der Waals surface area contributed by atoms with Gasteiger partial charge in [0.05, 0.1) is 11.7 Å². The number of benzene rings is 1. The fourth-order valence-corrected chi connectivity index (χ4v) is 3.23. The van der Waals surface area contributed by atoms with Gasteiger partial charge in [-0.1, -0.05) is 0 Å². The first-order valence-corrected chi connectivity index (χ1v) is 8.70. The minimum absolute atomic E-state index is 0.180. The molecule has 0 unspecified atom stereocenters. The van der Waals surface area contributed by atoms with E-state index in [1.54, 1.807) is 0 Å². The summed E-state index contributed by atoms with van der Waals surface area (Å²) in [4.78, 5) is 24.4. The maximum Gasteiger partial charge on any atom is 0.338 e. The molecule has 1 aliphatic rings. The molecule has 0 N–H and O–H groups in total. The minimum Gasteiger partial charge on any atom is -0.454 e. The number of hydrogen-bond acceptors (Lipinski definition) is 4. The Morgan fingerprint density at radius 2 is 2.00 bits per heavy atom. The molecule has 6 heteroatoms. The van der Waals surface area contributed by atoms with Crippen LogP contribution in [0, 0.1) is 19.7 Å². The zero-order valence-electron chi connectivity index (χ0n) is 15.0. The number of Topliss-reactive ketones (excluding diaryl/α,β-unsaturated/α-hetero) is 1. The van der Waals surface area contributed by atoms with Gasteiger partial charge in [-0.05, 0) is 57.0 Å². The lowest BCUT2D eigenvalue weighted by Gasteiger charge is -2.14. The zero-order valence-corrected chi connectivity index (χ0v) is 15.0. The van der Waals surface area contributed by atoms with Crippen LogP contribution in [0.2, 0.25) is 0 Å². The van der Waals surface area contributed by atoms with E-state index in [1.807, 2.05) is 19.9 Å². The predicted molar refractivity (Wildman–Crippen MR) is 93.9 cm³/mol. The number of ketones is 1. The molecular formula is C20H22FNO4. The fraction of sp³-hybridized carbons (Fsp3) is 0.400. The predicted octanol–water partition coefficient (Wildman–Crippen LogP) is 3.46. The summed E-state index contributed by atoms with van der Waals surface area (Å²) >= 11 is 0. The summed E-state index contributed by atoms with van der Waals surface area (Å²) in [6.45, 7) is 5.00. The molecule has 2 heterocycles. The maximum absolute atomic E-state index is 12.9. The van der Waals surface area contributed by atoms with Crippen molar-refractivity contribution in [3.8, 4) is 0 Å². The van der Waals surface area contributed by atoms with Gasteiger partial charge >= 0.3 is 5.97 Å². The Balaban J connectivity index is 1.64. The number of aromatic nitrogens is 1. The highest BCUT2D eigenvalue weighted by molar-refractivity contribution is 6.00. The smallest absolute Gasteiger partial charge is 0.338 e. The number of rotatable bonds is 6. The van der Waals surface area contributed by atoms with E-state index in [-0.39, 0.29) is 24.1 Å². The highest BCUT2D eigenvalue weighted by Gasteiger charge is 2.21. The zero-order chi connectivity index (χ0) is 18.7. The normalized spacial score (nSPS) is 16.7. The van der Waals surface area contributed by atoms with Gasteiger partial charge in [0, 0.05) is 30.1 Å². The number of aryl methyl sites for hydroxylation is 1. The van der Waals surface area contributed by atoms with Crippen molar-refractivity contribution in [1.29, 1.82) is 0 Å². The number of esters is 1. The van der Waals surface area contributed by atoms with E-state index in [4.69, 9.17) is 9.47 Å². The molecule has 5 nitrogen and oxygen atoms in total. The van der Waals surface area contributed by atoms with Crippen LogP contribution in [0.25, 0.3) is 0 Å². The third-order valence-electron chi connectivity index (χ3n) is 4.70. The Hall–Kier alpha value is -2.47. The summed E-state index contributed by atoms with van der Waals surface area (Å²) < 4.78 is 25.7. The molecule has 1 aromatic heterocycles. The maximum atomic E-state index is 12.9. The highest BCUT2D eigenvalue weighted by Crippen LogP contribution is 2.21. The largest absolute Gasteiger partial charge is 0.454 e. The molecule has 1 aromatic carbocycles. The molecule has 0 spiro atoms. The van der Waals surface area contributed by atoms with Gasteiger partial charge < -0.3 is 14.0 Å². The number of carbonyl (C=O) groups excluding carboxylic acids is 2. The molecule has 0 amide bonds. The van der Waals surface area contributed by atoms with Crippen LogP contribution in [-0.2, 0) is 16.0 Å². The van der Waals surface area contributed by atoms with Crippen molar-refractivity contribution in [3.63, 3.8) is 0 Å². The number of halogens is 1. The van der Waals surface area contributed by atoms with Crippen molar-refractivity contribution in [2.45, 2.75) is 39.3 Å². The standard InChI is InChI=1S/C20H22FNO4/c1-13-10-18(14(2)22(13)11-17-4-3-9-25-17)19(23)12-26-20(24)15-5-7-16(21)8-6-15/h5-8,10,17H,3-4,9,11-12H2,1-2H3/t17-/m0/s1. The van der Waals surface area contributed by atoms with Crippen LogP contribution >= 0.6 is 0 Å². The van der Waals surface area contributed by atoms with E-state index in [1.165, 1.54) is 24.3 Å². The molecule has 1 saturated heterocycles. The molecule has 0 bridgehead atoms. The molecular weight excluding hydrogens is 337 g/mol. The molecule has 1 fully saturated rings. The van der Waals surface area contributed by atoms with Crippen molar-refractivity contribution < 1.29 is 23.5 Å². The first-order chi connectivity index (χ1) is 12.5. The van der Waals surface area contributed by atoms with E-state index < -0.39 is 11.8 Å². The van der Waals surface area contributed by atoms with Gasteiger partial charge in [-0.25, -0.2) is 9.18 Å². The van der Waals surface area contributed by atoms with Crippen molar-refractivity contribution in [1.82, 2.24) is 4.57 Å². The van der Waals surface area contributed by atoms with Gasteiger partial charge in [0.1, 0.15) is 5.82 Å². The highest BCUT2D eigenvalue weighted by atomic mass is 19.1. The average molecular weight is 359 g/mol. The quantitative estimate of drug-likeness (QED) is 0.585. The molecule has 1 aliphatic heterocycles. The molecule has 0 aliphatic carbocycles. The van der Waals surface area contributed by atoms with Crippen molar-refractivity contribution in [2.75, 3.05) is 13.2 Å². The average Bonchev–Trinajstić information content (AvgIpc) is 3.24. The summed E-state index contributed by atoms with van der Waals surface area (Å²) in [6, 6.07) is 6.83. The van der Waals surface area contributed by atoms with Gasteiger partial charge in [0.25, 0.3) is 0 Å². The molecule has 3 rings (SSSR count). The number of carbonyl (C=O) groups is 2. The third kappa shape index (κ3) is 4.02. The van der Waals surface area contributed by atoms with Crippen LogP contribution in [0.15, 0.2) is 30.3 Å². The lowest BCUT2D eigenvalue weighted by atomic mass is 10.1. The Labute approximate surface area is 151 Å². The number of nitrogens with zero attached hydrogens (tertiary/aromatic N) is 1. The van der Waals surface area contributed by atoms with Gasteiger partial charge in [0.15, 0.2) is 6.61 Å². The second kappa shape index (κ2) is 7.83. The van der Waals surface area contributed by atoms with Gasteiger partial charge in [0.2, 0.25) is 5.78 Å². The fourth-order valence-electron chi connectivity index (χ4n) is 3.23. The summed E-state index contributed by atoms with van der Waals surface area (Å²) in [5, 5.41) is 0. The minimum atomic E-state index is -0.647. The summed E-state index contributed by atoms with van der Waals surface area (Å²) in [7, 11) is 0. The van der Waals surface area contributed by atoms with Crippen molar-refractivity contribution >= 4 is 11.8 Å². The van der Waals surface area contributed by atoms with E-state index in [9.17, 15) is 14.0 Å². The van der Waals surface area contributed by atoms with Crippen LogP contribution in [0.5, 0.6) is 0 Å². The van der Waals surface area contributed by atoms with Gasteiger partial charge in [-0.3, -0.25) is 4.79 Å². The topological polar surface area (TPSA) is 57.5 Å². The summed E-state index contributed by atoms with van der Waals surface area (Å²) in [6.07, 6.45) is 2.27. The van der Waals surface area contributed by atoms with Crippen LogP contribution in [0.1, 0.15) is 44.9 Å². The van der Waals surface area contributed by atoms with Crippen LogP contribution in [0.4, 0.5) is 4.39 Å². The van der Waals surface area contributed by atoms with Crippen LogP contribution < -0.4 is 0 Å². The first-order valence-electron chi connectivity index (χ1n) is 8.70. The van der Waals surface area contributed by atoms with Crippen molar-refractivity contribution in [2.24, 2.45) is 0 Å². The number of hydrogen-bond donors (Lipinski definition) is 0. The first kappa shape index (κ1) is 18.3. The number of ether oxygens (including phenoxy) is 2. The molecule has 0 saturated carbocycles. The molecule has 138 valence electrons. The van der Waals surface area contributed by atoms with E-state index >= 15 is 0 Å². The Bertz CT molecular complexity index is 804. The van der Waals surface area contributed by atoms with Gasteiger partial charge in [-0.2, -0.15) is 0 Å². The summed E-state index contributed by atoms with van der Waals surface area (Å²) in [5.41, 5.74) is 2.59. The Morgan fingerprint density at radius 1 is 1.27 bits per heavy atom. The molecule has 0 radical (unpaired) electrons. The van der Waals surface area contributed by atoms with E-state index in [2.05, 4.69) is 4.57 Å². The monoisotopic (exact) mass is 359 g/mol. The Morgan fingerprint density at radius 3 is 2.65 bits per heavy atom. The van der Waals surface area contributed by atoms with E-state index in [0.717, 1.165) is 37.4 Å². The lowest BCUT2D eigenvalue weighted by molar-refractivity contribution is 0.0474. The lowest BCUT2D eigenvalue weighted by Crippen LogP contribution is -2.18. The third-order valence-corrected chi connectivity index (χ3v) is 4.70.